The maximum atomic E-state index is 12.2. The zero-order chi connectivity index (χ0) is 17.0. The maximum Gasteiger partial charge on any atom is 0.317 e. The number of urea groups is 1. The van der Waals surface area contributed by atoms with Gasteiger partial charge in [-0.15, -0.1) is 0 Å². The number of carbonyl (C=O) groups excluding carboxylic acids is 1. The molecule has 1 aromatic rings. The van der Waals surface area contributed by atoms with Gasteiger partial charge in [-0.1, -0.05) is 6.92 Å². The Bertz CT molecular complexity index is 541. The molecule has 1 fully saturated rings. The van der Waals surface area contributed by atoms with Gasteiger partial charge < -0.3 is 15.1 Å². The summed E-state index contributed by atoms with van der Waals surface area (Å²) < 4.78 is 2.01. The molecule has 1 aromatic heterocycles. The molecule has 0 aliphatic carbocycles. The Morgan fingerprint density at radius 3 is 2.78 bits per heavy atom. The minimum absolute atomic E-state index is 0.0224. The van der Waals surface area contributed by atoms with E-state index in [0.29, 0.717) is 0 Å². The van der Waals surface area contributed by atoms with Gasteiger partial charge in [0.05, 0.1) is 5.69 Å². The highest BCUT2D eigenvalue weighted by molar-refractivity contribution is 5.73. The van der Waals surface area contributed by atoms with Crippen molar-refractivity contribution in [1.29, 1.82) is 0 Å². The third-order valence-electron chi connectivity index (χ3n) is 4.73. The van der Waals surface area contributed by atoms with Gasteiger partial charge in [0.25, 0.3) is 0 Å². The van der Waals surface area contributed by atoms with Crippen LogP contribution in [-0.4, -0.2) is 65.9 Å². The largest absolute Gasteiger partial charge is 0.337 e. The summed E-state index contributed by atoms with van der Waals surface area (Å²) in [6.45, 7) is 10.8. The summed E-state index contributed by atoms with van der Waals surface area (Å²) in [6, 6.07) is 2.10. The van der Waals surface area contributed by atoms with Gasteiger partial charge in [0.1, 0.15) is 0 Å². The van der Waals surface area contributed by atoms with Crippen molar-refractivity contribution in [3.63, 3.8) is 0 Å². The number of rotatable bonds is 6. The molecule has 1 aliphatic heterocycles. The molecule has 1 atom stereocenters. The molecule has 0 unspecified atom stereocenters. The first-order valence-electron chi connectivity index (χ1n) is 8.48. The molecule has 2 heterocycles. The summed E-state index contributed by atoms with van der Waals surface area (Å²) in [7, 11) is 4.00. The van der Waals surface area contributed by atoms with Crippen LogP contribution in [0.4, 0.5) is 4.79 Å². The second kappa shape index (κ2) is 7.34. The van der Waals surface area contributed by atoms with E-state index >= 15 is 0 Å². The van der Waals surface area contributed by atoms with Crippen molar-refractivity contribution in [3.05, 3.63) is 17.5 Å². The first kappa shape index (κ1) is 17.8. The van der Waals surface area contributed by atoms with Gasteiger partial charge in [-0.3, -0.25) is 4.68 Å². The van der Waals surface area contributed by atoms with Gasteiger partial charge in [-0.25, -0.2) is 4.79 Å². The fourth-order valence-electron chi connectivity index (χ4n) is 3.30. The zero-order valence-electron chi connectivity index (χ0n) is 15.2. The Labute approximate surface area is 139 Å². The summed E-state index contributed by atoms with van der Waals surface area (Å²) in [5, 5.41) is 7.54. The average molecular weight is 321 g/mol. The highest BCUT2D eigenvalue weighted by Gasteiger charge is 2.32. The number of likely N-dealkylation sites (tertiary alicyclic amines) is 1. The van der Waals surface area contributed by atoms with E-state index in [0.717, 1.165) is 51.3 Å². The van der Waals surface area contributed by atoms with Gasteiger partial charge in [-0.05, 0) is 51.8 Å². The number of carbonyl (C=O) groups is 1. The van der Waals surface area contributed by atoms with Crippen molar-refractivity contribution < 1.29 is 4.79 Å². The summed E-state index contributed by atoms with van der Waals surface area (Å²) >= 11 is 0. The Morgan fingerprint density at radius 2 is 2.22 bits per heavy atom. The number of amides is 2. The lowest BCUT2D eigenvalue weighted by Crippen LogP contribution is -2.43. The molecule has 1 saturated heterocycles. The van der Waals surface area contributed by atoms with Gasteiger partial charge >= 0.3 is 6.03 Å². The topological polar surface area (TPSA) is 53.4 Å². The maximum absolute atomic E-state index is 12.2. The fraction of sp³-hybridized carbons (Fsp3) is 0.765. The lowest BCUT2D eigenvalue weighted by Gasteiger charge is -2.26. The van der Waals surface area contributed by atoms with Crippen LogP contribution in [0, 0.1) is 19.3 Å². The summed E-state index contributed by atoms with van der Waals surface area (Å²) in [4.78, 5) is 16.3. The van der Waals surface area contributed by atoms with Crippen LogP contribution in [0.5, 0.6) is 0 Å². The summed E-state index contributed by atoms with van der Waals surface area (Å²) in [5.41, 5.74) is 2.42. The Balaban J connectivity index is 1.69. The van der Waals surface area contributed by atoms with Crippen molar-refractivity contribution >= 4 is 6.03 Å². The second-order valence-corrected chi connectivity index (χ2v) is 7.38. The van der Waals surface area contributed by atoms with Crippen LogP contribution in [0.25, 0.3) is 0 Å². The second-order valence-electron chi connectivity index (χ2n) is 7.38. The van der Waals surface area contributed by atoms with Gasteiger partial charge in [0.15, 0.2) is 0 Å². The van der Waals surface area contributed by atoms with Gasteiger partial charge in [0, 0.05) is 38.9 Å². The van der Waals surface area contributed by atoms with E-state index < -0.39 is 0 Å². The van der Waals surface area contributed by atoms with Crippen molar-refractivity contribution in [1.82, 2.24) is 24.9 Å². The quantitative estimate of drug-likeness (QED) is 0.870. The third kappa shape index (κ3) is 4.96. The predicted octanol–water partition coefficient (Wildman–Crippen LogP) is 1.87. The van der Waals surface area contributed by atoms with Crippen LogP contribution < -0.4 is 5.32 Å². The Morgan fingerprint density at radius 1 is 1.48 bits per heavy atom. The molecule has 6 heteroatoms. The van der Waals surface area contributed by atoms with Crippen molar-refractivity contribution in [2.75, 3.05) is 40.3 Å². The molecular formula is C17H31N5O. The molecule has 1 N–H and O–H groups in total. The molecule has 2 amide bonds. The van der Waals surface area contributed by atoms with Crippen LogP contribution >= 0.6 is 0 Å². The first-order chi connectivity index (χ1) is 10.8. The van der Waals surface area contributed by atoms with E-state index in [2.05, 4.69) is 42.3 Å². The van der Waals surface area contributed by atoms with E-state index in [1.165, 1.54) is 5.69 Å². The van der Waals surface area contributed by atoms with Crippen LogP contribution in [0.15, 0.2) is 6.07 Å². The van der Waals surface area contributed by atoms with Crippen LogP contribution in [0.1, 0.15) is 31.2 Å². The molecule has 23 heavy (non-hydrogen) atoms. The zero-order valence-corrected chi connectivity index (χ0v) is 15.2. The van der Waals surface area contributed by atoms with E-state index in [4.69, 9.17) is 0 Å². The standard InChI is InChI=1S/C17H31N5O/c1-14-11-15(2)22(19-14)9-6-8-21(5)16(23)18-12-17(3)7-10-20(4)13-17/h11H,6-10,12-13H2,1-5H3,(H,18,23)/t17-/m1/s1. The van der Waals surface area contributed by atoms with Crippen molar-refractivity contribution in [2.45, 2.75) is 40.2 Å². The molecule has 130 valence electrons. The predicted molar refractivity (Wildman–Crippen MR) is 92.6 cm³/mol. The van der Waals surface area contributed by atoms with Crippen LogP contribution in [0.2, 0.25) is 0 Å². The number of nitrogens with one attached hydrogen (secondary N) is 1. The lowest BCUT2D eigenvalue weighted by molar-refractivity contribution is 0.199. The minimum Gasteiger partial charge on any atom is -0.337 e. The number of hydrogen-bond donors (Lipinski definition) is 1. The number of aromatic nitrogens is 2. The molecule has 1 aliphatic rings. The molecule has 0 saturated carbocycles. The SMILES string of the molecule is Cc1cc(C)n(CCCN(C)C(=O)NC[C@@]2(C)CCN(C)C2)n1. The van der Waals surface area contributed by atoms with E-state index in [1.54, 1.807) is 4.90 Å². The molecule has 0 bridgehead atoms. The van der Waals surface area contributed by atoms with Crippen molar-refractivity contribution in [2.24, 2.45) is 5.41 Å². The summed E-state index contributed by atoms with van der Waals surface area (Å²) in [6.07, 6.45) is 2.05. The van der Waals surface area contributed by atoms with Gasteiger partial charge in [-0.2, -0.15) is 5.10 Å². The van der Waals surface area contributed by atoms with Crippen LogP contribution in [-0.2, 0) is 6.54 Å². The molecule has 0 radical (unpaired) electrons. The molecule has 2 rings (SSSR count). The Kier molecular flexibility index (Phi) is 5.68. The first-order valence-corrected chi connectivity index (χ1v) is 8.48. The smallest absolute Gasteiger partial charge is 0.317 e. The average Bonchev–Trinajstić information content (AvgIpc) is 2.98. The minimum atomic E-state index is 0.0224. The highest BCUT2D eigenvalue weighted by Crippen LogP contribution is 2.27. The number of nitrogens with zero attached hydrogens (tertiary/aromatic N) is 4. The van der Waals surface area contributed by atoms with Gasteiger partial charge in [0.2, 0.25) is 0 Å². The third-order valence-corrected chi connectivity index (χ3v) is 4.73. The summed E-state index contributed by atoms with van der Waals surface area (Å²) in [5.74, 6) is 0. The van der Waals surface area contributed by atoms with Crippen LogP contribution in [0.3, 0.4) is 0 Å². The monoisotopic (exact) mass is 321 g/mol. The molecule has 0 spiro atoms. The number of aryl methyl sites for hydroxylation is 3. The van der Waals surface area contributed by atoms with E-state index in [1.807, 2.05) is 18.7 Å². The molecule has 0 aromatic carbocycles. The molecular weight excluding hydrogens is 290 g/mol. The van der Waals surface area contributed by atoms with Crippen molar-refractivity contribution in [3.8, 4) is 0 Å². The fourth-order valence-corrected chi connectivity index (χ4v) is 3.30. The van der Waals surface area contributed by atoms with E-state index in [-0.39, 0.29) is 11.4 Å². The highest BCUT2D eigenvalue weighted by atomic mass is 16.2. The number of hydrogen-bond acceptors (Lipinski definition) is 3. The normalized spacial score (nSPS) is 21.6. The lowest BCUT2D eigenvalue weighted by atomic mass is 9.90. The van der Waals surface area contributed by atoms with E-state index in [9.17, 15) is 4.79 Å². The Hall–Kier alpha value is -1.56. The molecule has 6 nitrogen and oxygen atoms in total.